The fourth-order valence-electron chi connectivity index (χ4n) is 1.06. The Bertz CT molecular complexity index is 385. The minimum Gasteiger partial charge on any atom is -0.397 e. The largest absolute Gasteiger partial charge is 0.397 e. The van der Waals surface area contributed by atoms with Gasteiger partial charge in [-0.15, -0.1) is 0 Å². The van der Waals surface area contributed by atoms with Crippen LogP contribution in [-0.4, -0.2) is 11.5 Å². The molecule has 0 saturated heterocycles. The second-order valence-corrected chi connectivity index (χ2v) is 4.69. The Kier molecular flexibility index (Phi) is 3.15. The highest BCUT2D eigenvalue weighted by Gasteiger charge is 2.11. The lowest BCUT2D eigenvalue weighted by Gasteiger charge is -2.19. The Morgan fingerprint density at radius 1 is 1.53 bits per heavy atom. The zero-order valence-electron chi connectivity index (χ0n) is 9.33. The van der Waals surface area contributed by atoms with Gasteiger partial charge in [-0.25, -0.2) is 4.98 Å². The number of nitrogens with zero attached hydrogens (tertiary/aromatic N) is 2. The van der Waals surface area contributed by atoms with Crippen LogP contribution in [0.4, 0.5) is 11.5 Å². The molecular weight excluding hydrogens is 188 g/mol. The molecule has 0 amide bonds. The van der Waals surface area contributed by atoms with Crippen molar-refractivity contribution in [1.82, 2.24) is 4.98 Å². The maximum Gasteiger partial charge on any atom is 0.144 e. The van der Waals surface area contributed by atoms with E-state index in [1.165, 1.54) is 0 Å². The summed E-state index contributed by atoms with van der Waals surface area (Å²) in [6.07, 6.45) is 1.55. The number of aromatic nitrogens is 1. The first-order chi connectivity index (χ1) is 6.92. The summed E-state index contributed by atoms with van der Waals surface area (Å²) in [6, 6.07) is 3.69. The van der Waals surface area contributed by atoms with E-state index in [1.807, 2.05) is 0 Å². The number of nitrogen functional groups attached to an aromatic ring is 1. The van der Waals surface area contributed by atoms with Crippen molar-refractivity contribution in [1.29, 1.82) is 5.26 Å². The van der Waals surface area contributed by atoms with Crippen LogP contribution in [0.25, 0.3) is 0 Å². The fourth-order valence-corrected chi connectivity index (χ4v) is 1.06. The summed E-state index contributed by atoms with van der Waals surface area (Å²) in [6.45, 7) is 7.11. The molecule has 4 nitrogen and oxygen atoms in total. The van der Waals surface area contributed by atoms with Gasteiger partial charge in [0.25, 0.3) is 0 Å². The number of nitrogens with two attached hydrogens (primary N) is 1. The third kappa shape index (κ3) is 3.47. The van der Waals surface area contributed by atoms with Gasteiger partial charge in [0.2, 0.25) is 0 Å². The second kappa shape index (κ2) is 4.18. The van der Waals surface area contributed by atoms with E-state index in [-0.39, 0.29) is 5.41 Å². The van der Waals surface area contributed by atoms with Crippen LogP contribution >= 0.6 is 0 Å². The highest BCUT2D eigenvalue weighted by molar-refractivity contribution is 5.57. The monoisotopic (exact) mass is 204 g/mol. The Morgan fingerprint density at radius 2 is 2.20 bits per heavy atom. The maximum atomic E-state index is 8.89. The summed E-state index contributed by atoms with van der Waals surface area (Å²) < 4.78 is 0. The van der Waals surface area contributed by atoms with Gasteiger partial charge in [-0.3, -0.25) is 0 Å². The minimum atomic E-state index is 0.149. The van der Waals surface area contributed by atoms with Crippen LogP contribution < -0.4 is 11.1 Å². The average Bonchev–Trinajstić information content (AvgIpc) is 2.14. The molecule has 1 aromatic rings. The summed E-state index contributed by atoms with van der Waals surface area (Å²) in [5.74, 6) is 0.599. The van der Waals surface area contributed by atoms with Crippen molar-refractivity contribution in [2.45, 2.75) is 20.8 Å². The Hall–Kier alpha value is -1.76. The van der Waals surface area contributed by atoms with E-state index >= 15 is 0 Å². The molecule has 0 saturated carbocycles. The van der Waals surface area contributed by atoms with Gasteiger partial charge in [-0.1, -0.05) is 20.8 Å². The van der Waals surface area contributed by atoms with Gasteiger partial charge in [-0.05, 0) is 11.5 Å². The van der Waals surface area contributed by atoms with Crippen molar-refractivity contribution in [3.05, 3.63) is 17.8 Å². The van der Waals surface area contributed by atoms with Gasteiger partial charge in [0.05, 0.1) is 17.4 Å². The molecule has 0 aromatic carbocycles. The van der Waals surface area contributed by atoms with Crippen LogP contribution in [0.5, 0.6) is 0 Å². The summed E-state index contributed by atoms with van der Waals surface area (Å²) in [4.78, 5) is 4.09. The molecular formula is C11H16N4. The molecule has 15 heavy (non-hydrogen) atoms. The van der Waals surface area contributed by atoms with E-state index in [2.05, 4.69) is 37.1 Å². The third-order valence-electron chi connectivity index (χ3n) is 1.82. The standard InChI is InChI=1S/C11H16N4/c1-11(2,3)7-15-10-8(5-12)4-9(13)6-14-10/h4,6H,7,13H2,1-3H3,(H,14,15). The van der Waals surface area contributed by atoms with E-state index in [0.29, 0.717) is 17.1 Å². The molecule has 0 fully saturated rings. The maximum absolute atomic E-state index is 8.89. The first kappa shape index (κ1) is 11.3. The minimum absolute atomic E-state index is 0.149. The molecule has 1 aromatic heterocycles. The zero-order valence-corrected chi connectivity index (χ0v) is 9.33. The van der Waals surface area contributed by atoms with Crippen LogP contribution in [0, 0.1) is 16.7 Å². The molecule has 0 atom stereocenters. The molecule has 80 valence electrons. The smallest absolute Gasteiger partial charge is 0.144 e. The number of hydrogen-bond donors (Lipinski definition) is 2. The van der Waals surface area contributed by atoms with E-state index in [4.69, 9.17) is 11.0 Å². The quantitative estimate of drug-likeness (QED) is 0.772. The predicted octanol–water partition coefficient (Wildman–Crippen LogP) is 1.99. The van der Waals surface area contributed by atoms with Gasteiger partial charge >= 0.3 is 0 Å². The van der Waals surface area contributed by atoms with Crippen molar-refractivity contribution >= 4 is 11.5 Å². The topological polar surface area (TPSA) is 74.7 Å². The molecule has 0 aliphatic carbocycles. The van der Waals surface area contributed by atoms with Crippen LogP contribution in [0.2, 0.25) is 0 Å². The number of pyridine rings is 1. The molecule has 1 heterocycles. The van der Waals surface area contributed by atoms with Crippen molar-refractivity contribution in [3.8, 4) is 6.07 Å². The molecule has 0 aliphatic heterocycles. The van der Waals surface area contributed by atoms with Crippen molar-refractivity contribution < 1.29 is 0 Å². The van der Waals surface area contributed by atoms with Gasteiger partial charge < -0.3 is 11.1 Å². The highest BCUT2D eigenvalue weighted by Crippen LogP contribution is 2.18. The second-order valence-electron chi connectivity index (χ2n) is 4.69. The molecule has 0 unspecified atom stereocenters. The number of nitrogens with one attached hydrogen (secondary N) is 1. The van der Waals surface area contributed by atoms with E-state index in [0.717, 1.165) is 6.54 Å². The third-order valence-corrected chi connectivity index (χ3v) is 1.82. The Morgan fingerprint density at radius 3 is 2.73 bits per heavy atom. The van der Waals surface area contributed by atoms with E-state index in [9.17, 15) is 0 Å². The lowest BCUT2D eigenvalue weighted by Crippen LogP contribution is -2.20. The highest BCUT2D eigenvalue weighted by atomic mass is 15.0. The van der Waals surface area contributed by atoms with Crippen LogP contribution in [-0.2, 0) is 0 Å². The summed E-state index contributed by atoms with van der Waals surface area (Å²) in [5.41, 5.74) is 6.68. The molecule has 0 radical (unpaired) electrons. The number of hydrogen-bond acceptors (Lipinski definition) is 4. The number of rotatable bonds is 2. The van der Waals surface area contributed by atoms with Crippen molar-refractivity contribution in [2.24, 2.45) is 5.41 Å². The van der Waals surface area contributed by atoms with Gasteiger partial charge in [-0.2, -0.15) is 5.26 Å². The molecule has 0 spiro atoms. The SMILES string of the molecule is CC(C)(C)CNc1ncc(N)cc1C#N. The van der Waals surface area contributed by atoms with E-state index in [1.54, 1.807) is 12.3 Å². The van der Waals surface area contributed by atoms with Crippen LogP contribution in [0.15, 0.2) is 12.3 Å². The normalized spacial score (nSPS) is 10.8. The molecule has 0 bridgehead atoms. The van der Waals surface area contributed by atoms with Crippen molar-refractivity contribution in [3.63, 3.8) is 0 Å². The van der Waals surface area contributed by atoms with Crippen LogP contribution in [0.3, 0.4) is 0 Å². The van der Waals surface area contributed by atoms with Gasteiger partial charge in [0.15, 0.2) is 0 Å². The average molecular weight is 204 g/mol. The molecule has 3 N–H and O–H groups in total. The summed E-state index contributed by atoms with van der Waals surface area (Å²) >= 11 is 0. The first-order valence-electron chi connectivity index (χ1n) is 4.82. The molecule has 1 rings (SSSR count). The Balaban J connectivity index is 2.82. The predicted molar refractivity (Wildman–Crippen MR) is 61.3 cm³/mol. The first-order valence-corrected chi connectivity index (χ1v) is 4.82. The van der Waals surface area contributed by atoms with Gasteiger partial charge in [0.1, 0.15) is 11.9 Å². The fraction of sp³-hybridized carbons (Fsp3) is 0.455. The summed E-state index contributed by atoms with van der Waals surface area (Å²) in [5, 5.41) is 12.0. The van der Waals surface area contributed by atoms with Gasteiger partial charge in [0, 0.05) is 6.54 Å². The molecule has 4 heteroatoms. The Labute approximate surface area is 90.1 Å². The summed E-state index contributed by atoms with van der Waals surface area (Å²) in [7, 11) is 0. The van der Waals surface area contributed by atoms with Crippen LogP contribution in [0.1, 0.15) is 26.3 Å². The van der Waals surface area contributed by atoms with E-state index < -0.39 is 0 Å². The lowest BCUT2D eigenvalue weighted by molar-refractivity contribution is 0.442. The lowest BCUT2D eigenvalue weighted by atomic mass is 9.97. The molecule has 0 aliphatic rings. The number of anilines is 2. The zero-order chi connectivity index (χ0) is 11.5. The number of nitriles is 1. The van der Waals surface area contributed by atoms with Crippen molar-refractivity contribution in [2.75, 3.05) is 17.6 Å².